The molecule has 1 N–H and O–H groups in total. The van der Waals surface area contributed by atoms with Gasteiger partial charge >= 0.3 is 0 Å². The first-order chi connectivity index (χ1) is 4.24. The molecule has 1 aromatic heterocycles. The zero-order chi connectivity index (χ0) is 6.85. The van der Waals surface area contributed by atoms with Crippen molar-refractivity contribution in [3.8, 4) is 0 Å². The summed E-state index contributed by atoms with van der Waals surface area (Å²) in [4.78, 5) is 0. The van der Waals surface area contributed by atoms with Crippen LogP contribution in [0.15, 0.2) is 6.20 Å². The van der Waals surface area contributed by atoms with Gasteiger partial charge in [0.1, 0.15) is 0 Å². The summed E-state index contributed by atoms with van der Waals surface area (Å²) in [6.45, 7) is 4.26. The SMILES string of the molecule is CCc1c[n+](C)[nH]c1C. The van der Waals surface area contributed by atoms with Gasteiger partial charge in [-0.2, -0.15) is 5.10 Å². The monoisotopic (exact) mass is 125 g/mol. The van der Waals surface area contributed by atoms with Crippen LogP contribution >= 0.6 is 0 Å². The van der Waals surface area contributed by atoms with E-state index < -0.39 is 0 Å². The minimum Gasteiger partial charge on any atom is -0.170 e. The second-order valence-electron chi connectivity index (χ2n) is 2.36. The largest absolute Gasteiger partial charge is 0.198 e. The number of nitrogens with zero attached hydrogens (tertiary/aromatic N) is 1. The van der Waals surface area contributed by atoms with Crippen LogP contribution in [-0.4, -0.2) is 5.10 Å². The molecule has 0 bridgehead atoms. The second-order valence-corrected chi connectivity index (χ2v) is 2.36. The standard InChI is InChI=1S/C7H12N2/c1-4-7-5-9(3)8-6(7)2/h5H,4H2,1-3H3/p+1. The molecule has 2 nitrogen and oxygen atoms in total. The maximum Gasteiger partial charge on any atom is 0.198 e. The number of hydrogen-bond acceptors (Lipinski definition) is 0. The van der Waals surface area contributed by atoms with Gasteiger partial charge < -0.3 is 0 Å². The van der Waals surface area contributed by atoms with Crippen LogP contribution in [0, 0.1) is 6.92 Å². The Morgan fingerprint density at radius 2 is 2.33 bits per heavy atom. The Bertz CT molecular complexity index is 201. The summed E-state index contributed by atoms with van der Waals surface area (Å²) >= 11 is 0. The summed E-state index contributed by atoms with van der Waals surface area (Å²) in [7, 11) is 2.01. The molecule has 0 saturated carbocycles. The minimum absolute atomic E-state index is 1.11. The van der Waals surface area contributed by atoms with Crippen molar-refractivity contribution in [1.29, 1.82) is 0 Å². The molecule has 9 heavy (non-hydrogen) atoms. The summed E-state index contributed by atoms with van der Waals surface area (Å²) in [6, 6.07) is 0. The van der Waals surface area contributed by atoms with E-state index in [1.807, 2.05) is 11.7 Å². The molecule has 0 radical (unpaired) electrons. The highest BCUT2D eigenvalue weighted by molar-refractivity contribution is 5.10. The van der Waals surface area contributed by atoms with Crippen molar-refractivity contribution in [2.45, 2.75) is 20.3 Å². The van der Waals surface area contributed by atoms with Crippen molar-refractivity contribution in [3.63, 3.8) is 0 Å². The maximum atomic E-state index is 3.18. The average molecular weight is 125 g/mol. The molecule has 0 amide bonds. The van der Waals surface area contributed by atoms with Crippen LogP contribution < -0.4 is 4.68 Å². The van der Waals surface area contributed by atoms with Gasteiger partial charge in [-0.1, -0.05) is 6.92 Å². The lowest BCUT2D eigenvalue weighted by molar-refractivity contribution is -0.727. The lowest BCUT2D eigenvalue weighted by Gasteiger charge is -1.82. The van der Waals surface area contributed by atoms with E-state index >= 15 is 0 Å². The molecule has 0 atom stereocenters. The Hall–Kier alpha value is -0.790. The van der Waals surface area contributed by atoms with Crippen LogP contribution in [0.1, 0.15) is 18.2 Å². The summed E-state index contributed by atoms with van der Waals surface area (Å²) in [6.07, 6.45) is 3.23. The molecule has 0 unspecified atom stereocenters. The van der Waals surface area contributed by atoms with E-state index in [1.165, 1.54) is 11.3 Å². The van der Waals surface area contributed by atoms with Gasteiger partial charge in [-0.3, -0.25) is 0 Å². The molecular formula is C7H13N2+. The molecule has 0 aromatic carbocycles. The van der Waals surface area contributed by atoms with Gasteiger partial charge in [0.2, 0.25) is 0 Å². The number of rotatable bonds is 1. The van der Waals surface area contributed by atoms with E-state index in [2.05, 4.69) is 25.1 Å². The zero-order valence-electron chi connectivity index (χ0n) is 6.23. The van der Waals surface area contributed by atoms with E-state index in [4.69, 9.17) is 0 Å². The molecular weight excluding hydrogens is 112 g/mol. The Labute approximate surface area is 55.5 Å². The van der Waals surface area contributed by atoms with E-state index in [1.54, 1.807) is 0 Å². The molecule has 2 heteroatoms. The first kappa shape index (κ1) is 6.33. The zero-order valence-corrected chi connectivity index (χ0v) is 6.23. The van der Waals surface area contributed by atoms with Crippen LogP contribution in [0.25, 0.3) is 0 Å². The van der Waals surface area contributed by atoms with E-state index in [0.29, 0.717) is 0 Å². The van der Waals surface area contributed by atoms with Crippen molar-refractivity contribution in [2.24, 2.45) is 7.05 Å². The minimum atomic E-state index is 1.11. The molecule has 1 heterocycles. The lowest BCUT2D eigenvalue weighted by Crippen LogP contribution is -2.28. The fraction of sp³-hybridized carbons (Fsp3) is 0.571. The van der Waals surface area contributed by atoms with Gasteiger partial charge in [0, 0.05) is 5.56 Å². The highest BCUT2D eigenvalue weighted by atomic mass is 15.2. The summed E-state index contributed by atoms with van der Waals surface area (Å²) in [5, 5.41) is 3.18. The Morgan fingerprint density at radius 3 is 2.56 bits per heavy atom. The van der Waals surface area contributed by atoms with Crippen LogP contribution in [0.2, 0.25) is 0 Å². The van der Waals surface area contributed by atoms with Crippen molar-refractivity contribution in [1.82, 2.24) is 5.10 Å². The average Bonchev–Trinajstić information content (AvgIpc) is 2.10. The molecule has 1 rings (SSSR count). The second kappa shape index (κ2) is 2.21. The van der Waals surface area contributed by atoms with Crippen LogP contribution in [0.5, 0.6) is 0 Å². The predicted octanol–water partition coefficient (Wildman–Crippen LogP) is 0.710. The number of aryl methyl sites for hydroxylation is 3. The first-order valence-electron chi connectivity index (χ1n) is 3.28. The molecule has 1 aromatic rings. The van der Waals surface area contributed by atoms with Crippen LogP contribution in [-0.2, 0) is 13.5 Å². The fourth-order valence-corrected chi connectivity index (χ4v) is 1.06. The van der Waals surface area contributed by atoms with Crippen molar-refractivity contribution in [3.05, 3.63) is 17.5 Å². The molecule has 0 aliphatic carbocycles. The normalized spacial score (nSPS) is 10.1. The molecule has 50 valence electrons. The molecule has 0 aliphatic heterocycles. The number of hydrogen-bond donors (Lipinski definition) is 1. The van der Waals surface area contributed by atoms with Crippen LogP contribution in [0.3, 0.4) is 0 Å². The highest BCUT2D eigenvalue weighted by Crippen LogP contribution is 1.99. The van der Waals surface area contributed by atoms with Gasteiger partial charge in [-0.15, -0.1) is 4.68 Å². The van der Waals surface area contributed by atoms with Gasteiger partial charge in [0.15, 0.2) is 13.2 Å². The third-order valence-corrected chi connectivity index (χ3v) is 1.56. The number of aromatic nitrogens is 2. The van der Waals surface area contributed by atoms with Gasteiger partial charge in [-0.05, 0) is 13.3 Å². The Kier molecular flexibility index (Phi) is 1.56. The topological polar surface area (TPSA) is 19.7 Å². The van der Waals surface area contributed by atoms with Crippen molar-refractivity contribution in [2.75, 3.05) is 0 Å². The molecule has 0 aliphatic rings. The maximum absolute atomic E-state index is 3.18. The van der Waals surface area contributed by atoms with Crippen LogP contribution in [0.4, 0.5) is 0 Å². The number of nitrogens with one attached hydrogen (secondary N) is 1. The Balaban J connectivity index is 3.01. The van der Waals surface area contributed by atoms with Crippen molar-refractivity contribution >= 4 is 0 Å². The van der Waals surface area contributed by atoms with Gasteiger partial charge in [0.05, 0.1) is 5.69 Å². The first-order valence-corrected chi connectivity index (χ1v) is 3.28. The quantitative estimate of drug-likeness (QED) is 0.533. The van der Waals surface area contributed by atoms with Crippen molar-refractivity contribution < 1.29 is 4.68 Å². The highest BCUT2D eigenvalue weighted by Gasteiger charge is 2.03. The number of aromatic amines is 1. The predicted molar refractivity (Wildman–Crippen MR) is 36.1 cm³/mol. The molecule has 0 saturated heterocycles. The van der Waals surface area contributed by atoms with Gasteiger partial charge in [0.25, 0.3) is 0 Å². The summed E-state index contributed by atoms with van der Waals surface area (Å²) < 4.78 is 1.98. The molecule has 0 spiro atoms. The number of H-pyrrole nitrogens is 1. The van der Waals surface area contributed by atoms with E-state index in [-0.39, 0.29) is 0 Å². The third-order valence-electron chi connectivity index (χ3n) is 1.56. The summed E-state index contributed by atoms with van der Waals surface area (Å²) in [5.41, 5.74) is 2.68. The fourth-order valence-electron chi connectivity index (χ4n) is 1.06. The van der Waals surface area contributed by atoms with Gasteiger partial charge in [-0.25, -0.2) is 0 Å². The van der Waals surface area contributed by atoms with E-state index in [9.17, 15) is 0 Å². The smallest absolute Gasteiger partial charge is 0.170 e. The Morgan fingerprint density at radius 1 is 1.67 bits per heavy atom. The summed E-state index contributed by atoms with van der Waals surface area (Å²) in [5.74, 6) is 0. The third kappa shape index (κ3) is 1.12. The lowest BCUT2D eigenvalue weighted by atomic mass is 10.2. The van der Waals surface area contributed by atoms with E-state index in [0.717, 1.165) is 6.42 Å². The molecule has 0 fully saturated rings.